The average molecular weight is 282 g/mol. The highest BCUT2D eigenvalue weighted by Gasteiger charge is 2.04. The number of carbonyl (C=O) groups is 1. The summed E-state index contributed by atoms with van der Waals surface area (Å²) in [6.07, 6.45) is 5.62. The molecule has 3 N–H and O–H groups in total. The molecule has 2 aromatic rings. The summed E-state index contributed by atoms with van der Waals surface area (Å²) in [4.78, 5) is 15.9. The summed E-state index contributed by atoms with van der Waals surface area (Å²) in [5.41, 5.74) is 8.07. The molecule has 5 nitrogen and oxygen atoms in total. The number of hydrogen-bond donors (Lipinski definition) is 2. The Morgan fingerprint density at radius 3 is 3.05 bits per heavy atom. The van der Waals surface area contributed by atoms with E-state index in [2.05, 4.69) is 22.1 Å². The SMILES string of the molecule is Cc1ccc(NC(=O)CCn2ccnc2)cc1C#CCN. The van der Waals surface area contributed by atoms with Crippen molar-refractivity contribution in [2.45, 2.75) is 19.9 Å². The van der Waals surface area contributed by atoms with Gasteiger partial charge in [0.05, 0.1) is 12.9 Å². The van der Waals surface area contributed by atoms with E-state index in [0.29, 0.717) is 19.5 Å². The number of aromatic nitrogens is 2. The van der Waals surface area contributed by atoms with Crippen LogP contribution in [0.1, 0.15) is 17.5 Å². The summed E-state index contributed by atoms with van der Waals surface area (Å²) in [6, 6.07) is 5.68. The molecule has 21 heavy (non-hydrogen) atoms. The number of carbonyl (C=O) groups excluding carboxylic acids is 1. The van der Waals surface area contributed by atoms with Crippen molar-refractivity contribution in [2.75, 3.05) is 11.9 Å². The third-order valence-electron chi connectivity index (χ3n) is 3.00. The van der Waals surface area contributed by atoms with E-state index < -0.39 is 0 Å². The van der Waals surface area contributed by atoms with Crippen LogP contribution in [-0.2, 0) is 11.3 Å². The summed E-state index contributed by atoms with van der Waals surface area (Å²) in [5, 5.41) is 2.88. The lowest BCUT2D eigenvalue weighted by Crippen LogP contribution is -2.14. The molecule has 0 radical (unpaired) electrons. The van der Waals surface area contributed by atoms with Crippen LogP contribution in [0.15, 0.2) is 36.9 Å². The van der Waals surface area contributed by atoms with Crippen molar-refractivity contribution in [3.63, 3.8) is 0 Å². The molecular formula is C16H18N4O. The second-order valence-electron chi connectivity index (χ2n) is 4.63. The maximum atomic E-state index is 11.9. The first-order chi connectivity index (χ1) is 10.2. The zero-order chi connectivity index (χ0) is 15.1. The molecule has 0 bridgehead atoms. The first-order valence-corrected chi connectivity index (χ1v) is 6.74. The molecule has 0 saturated heterocycles. The number of hydrogen-bond acceptors (Lipinski definition) is 3. The maximum Gasteiger partial charge on any atom is 0.226 e. The number of aryl methyl sites for hydroxylation is 2. The number of anilines is 1. The van der Waals surface area contributed by atoms with Crippen LogP contribution in [0.25, 0.3) is 0 Å². The first kappa shape index (κ1) is 14.8. The number of rotatable bonds is 4. The van der Waals surface area contributed by atoms with E-state index in [-0.39, 0.29) is 5.91 Å². The molecule has 0 aliphatic rings. The first-order valence-electron chi connectivity index (χ1n) is 6.74. The van der Waals surface area contributed by atoms with Crippen molar-refractivity contribution in [1.82, 2.24) is 9.55 Å². The van der Waals surface area contributed by atoms with Crippen molar-refractivity contribution < 1.29 is 4.79 Å². The molecule has 0 atom stereocenters. The number of imidazole rings is 1. The van der Waals surface area contributed by atoms with Gasteiger partial charge in [-0.3, -0.25) is 4.79 Å². The third kappa shape index (κ3) is 4.48. The largest absolute Gasteiger partial charge is 0.337 e. The van der Waals surface area contributed by atoms with Gasteiger partial charge in [0.1, 0.15) is 0 Å². The molecule has 0 unspecified atom stereocenters. The van der Waals surface area contributed by atoms with Crippen LogP contribution in [0.4, 0.5) is 5.69 Å². The summed E-state index contributed by atoms with van der Waals surface area (Å²) in [7, 11) is 0. The fourth-order valence-corrected chi connectivity index (χ4v) is 1.85. The predicted octanol–water partition coefficient (Wildman–Crippen LogP) is 1.53. The minimum absolute atomic E-state index is 0.0368. The van der Waals surface area contributed by atoms with E-state index in [1.165, 1.54) is 0 Å². The van der Waals surface area contributed by atoms with Crippen LogP contribution in [0, 0.1) is 18.8 Å². The number of benzene rings is 1. The smallest absolute Gasteiger partial charge is 0.226 e. The summed E-state index contributed by atoms with van der Waals surface area (Å²) >= 11 is 0. The fourth-order valence-electron chi connectivity index (χ4n) is 1.85. The van der Waals surface area contributed by atoms with Gasteiger partial charge in [-0.1, -0.05) is 17.9 Å². The highest BCUT2D eigenvalue weighted by Crippen LogP contribution is 2.14. The van der Waals surface area contributed by atoms with E-state index in [1.807, 2.05) is 35.9 Å². The van der Waals surface area contributed by atoms with Gasteiger partial charge in [0.2, 0.25) is 5.91 Å². The summed E-state index contributed by atoms with van der Waals surface area (Å²) in [6.45, 7) is 2.91. The number of nitrogens with zero attached hydrogens (tertiary/aromatic N) is 2. The van der Waals surface area contributed by atoms with Crippen LogP contribution in [-0.4, -0.2) is 22.0 Å². The quantitative estimate of drug-likeness (QED) is 0.835. The summed E-state index contributed by atoms with van der Waals surface area (Å²) in [5.74, 6) is 5.79. The van der Waals surface area contributed by atoms with Gasteiger partial charge in [0.15, 0.2) is 0 Å². The second kappa shape index (κ2) is 7.27. The van der Waals surface area contributed by atoms with E-state index >= 15 is 0 Å². The van der Waals surface area contributed by atoms with Crippen LogP contribution in [0.5, 0.6) is 0 Å². The van der Waals surface area contributed by atoms with Gasteiger partial charge in [0.25, 0.3) is 0 Å². The molecule has 1 heterocycles. The Kier molecular flexibility index (Phi) is 5.13. The van der Waals surface area contributed by atoms with Gasteiger partial charge in [0, 0.05) is 36.6 Å². The number of amides is 1. The van der Waals surface area contributed by atoms with Gasteiger partial charge >= 0.3 is 0 Å². The lowest BCUT2D eigenvalue weighted by atomic mass is 10.1. The zero-order valence-corrected chi connectivity index (χ0v) is 12.0. The Bertz CT molecular complexity index is 665. The van der Waals surface area contributed by atoms with Crippen molar-refractivity contribution in [2.24, 2.45) is 5.73 Å². The molecule has 0 aliphatic heterocycles. The van der Waals surface area contributed by atoms with E-state index in [0.717, 1.165) is 16.8 Å². The van der Waals surface area contributed by atoms with Crippen molar-refractivity contribution in [3.05, 3.63) is 48.0 Å². The van der Waals surface area contributed by atoms with Gasteiger partial charge in [-0.2, -0.15) is 0 Å². The van der Waals surface area contributed by atoms with Crippen LogP contribution >= 0.6 is 0 Å². The molecule has 0 fully saturated rings. The topological polar surface area (TPSA) is 72.9 Å². The minimum atomic E-state index is -0.0368. The number of nitrogens with one attached hydrogen (secondary N) is 1. The van der Waals surface area contributed by atoms with Crippen LogP contribution < -0.4 is 11.1 Å². The Balaban J connectivity index is 1.97. The number of nitrogens with two attached hydrogens (primary N) is 1. The lowest BCUT2D eigenvalue weighted by molar-refractivity contribution is -0.116. The lowest BCUT2D eigenvalue weighted by Gasteiger charge is -2.07. The molecule has 108 valence electrons. The predicted molar refractivity (Wildman–Crippen MR) is 82.6 cm³/mol. The van der Waals surface area contributed by atoms with E-state index in [1.54, 1.807) is 12.5 Å². The van der Waals surface area contributed by atoms with Crippen LogP contribution in [0.2, 0.25) is 0 Å². The molecule has 1 aromatic carbocycles. The highest BCUT2D eigenvalue weighted by atomic mass is 16.1. The maximum absolute atomic E-state index is 11.9. The standard InChI is InChI=1S/C16H18N4O/c1-13-4-5-15(11-14(13)3-2-7-17)19-16(21)6-9-20-10-8-18-12-20/h4-5,8,10-12H,6-7,9,17H2,1H3,(H,19,21). The fraction of sp³-hybridized carbons (Fsp3) is 0.250. The summed E-state index contributed by atoms with van der Waals surface area (Å²) < 4.78 is 1.87. The zero-order valence-electron chi connectivity index (χ0n) is 12.0. The molecule has 0 spiro atoms. The van der Waals surface area contributed by atoms with Crippen molar-refractivity contribution in [3.8, 4) is 11.8 Å². The molecule has 1 amide bonds. The van der Waals surface area contributed by atoms with Crippen LogP contribution in [0.3, 0.4) is 0 Å². The molecule has 5 heteroatoms. The molecule has 1 aromatic heterocycles. The van der Waals surface area contributed by atoms with Gasteiger partial charge < -0.3 is 15.6 Å². The van der Waals surface area contributed by atoms with E-state index in [4.69, 9.17) is 5.73 Å². The third-order valence-corrected chi connectivity index (χ3v) is 3.00. The van der Waals surface area contributed by atoms with Gasteiger partial charge in [-0.15, -0.1) is 0 Å². The molecule has 0 aliphatic carbocycles. The molecular weight excluding hydrogens is 264 g/mol. The highest BCUT2D eigenvalue weighted by molar-refractivity contribution is 5.90. The Labute approximate surface area is 124 Å². The van der Waals surface area contributed by atoms with E-state index in [9.17, 15) is 4.79 Å². The van der Waals surface area contributed by atoms with Gasteiger partial charge in [-0.05, 0) is 24.6 Å². The monoisotopic (exact) mass is 282 g/mol. The van der Waals surface area contributed by atoms with Crippen molar-refractivity contribution >= 4 is 11.6 Å². The molecule has 0 saturated carbocycles. The Morgan fingerprint density at radius 2 is 2.33 bits per heavy atom. The van der Waals surface area contributed by atoms with Gasteiger partial charge in [-0.25, -0.2) is 4.98 Å². The molecule has 2 rings (SSSR count). The Morgan fingerprint density at radius 1 is 1.48 bits per heavy atom. The van der Waals surface area contributed by atoms with Crippen molar-refractivity contribution in [1.29, 1.82) is 0 Å². The minimum Gasteiger partial charge on any atom is -0.337 e. The second-order valence-corrected chi connectivity index (χ2v) is 4.63. The normalized spacial score (nSPS) is 9.81. The Hall–Kier alpha value is -2.58. The average Bonchev–Trinajstić information content (AvgIpc) is 2.99.